The van der Waals surface area contributed by atoms with E-state index in [2.05, 4.69) is 0 Å². The van der Waals surface area contributed by atoms with Crippen molar-refractivity contribution >= 4 is 11.8 Å². The minimum Gasteiger partial charge on any atom is -0.380 e. The van der Waals surface area contributed by atoms with Gasteiger partial charge in [0.05, 0.1) is 6.04 Å². The summed E-state index contributed by atoms with van der Waals surface area (Å²) >= 11 is 0. The maximum absolute atomic E-state index is 13.8. The summed E-state index contributed by atoms with van der Waals surface area (Å²) in [5, 5.41) is 10.0. The van der Waals surface area contributed by atoms with E-state index in [1.165, 1.54) is 0 Å². The number of hydrogen-bond donors (Lipinski definition) is 2. The number of amides is 2. The van der Waals surface area contributed by atoms with Crippen LogP contribution in [0.2, 0.25) is 0 Å². The van der Waals surface area contributed by atoms with E-state index in [1.807, 2.05) is 0 Å². The van der Waals surface area contributed by atoms with Gasteiger partial charge in [-0.15, -0.1) is 0 Å². The first kappa shape index (κ1) is 20.2. The molecule has 2 amide bonds. The first-order chi connectivity index (χ1) is 13.7. The topological polar surface area (TPSA) is 86.9 Å². The Kier molecular flexibility index (Phi) is 5.06. The number of benzene rings is 1. The van der Waals surface area contributed by atoms with Gasteiger partial charge in [0.15, 0.2) is 11.6 Å². The fourth-order valence-corrected chi connectivity index (χ4v) is 4.48. The first-order valence-corrected chi connectivity index (χ1v) is 9.88. The molecular formula is C20H24F3N3O3. The molecule has 6 nitrogen and oxygen atoms in total. The van der Waals surface area contributed by atoms with Crippen LogP contribution in [0.1, 0.15) is 31.2 Å². The molecule has 0 radical (unpaired) electrons. The van der Waals surface area contributed by atoms with E-state index in [0.717, 1.165) is 12.5 Å². The van der Waals surface area contributed by atoms with Crippen molar-refractivity contribution in [2.24, 2.45) is 11.7 Å². The third-order valence-corrected chi connectivity index (χ3v) is 6.29. The second-order valence-corrected chi connectivity index (χ2v) is 8.47. The summed E-state index contributed by atoms with van der Waals surface area (Å²) in [4.78, 5) is 28.4. The van der Waals surface area contributed by atoms with Crippen molar-refractivity contribution < 1.29 is 27.9 Å². The molecule has 1 aromatic carbocycles. The number of fused-ring (bicyclic) bond motifs is 1. The summed E-state index contributed by atoms with van der Waals surface area (Å²) < 4.78 is 40.2. The second kappa shape index (κ2) is 7.28. The largest absolute Gasteiger partial charge is 0.380 e. The molecule has 3 aliphatic rings. The molecule has 1 aliphatic carbocycles. The van der Waals surface area contributed by atoms with Crippen molar-refractivity contribution in [2.75, 3.05) is 19.6 Å². The van der Waals surface area contributed by atoms with E-state index in [1.54, 1.807) is 9.80 Å². The van der Waals surface area contributed by atoms with Crippen LogP contribution in [0.15, 0.2) is 12.1 Å². The van der Waals surface area contributed by atoms with Crippen LogP contribution in [0, 0.1) is 23.4 Å². The normalized spacial score (nSPS) is 25.8. The number of nitrogens with zero attached hydrogens (tertiary/aromatic N) is 2. The first-order valence-electron chi connectivity index (χ1n) is 9.88. The van der Waals surface area contributed by atoms with Crippen molar-refractivity contribution in [3.05, 3.63) is 35.1 Å². The number of aliphatic hydroxyl groups is 1. The summed E-state index contributed by atoms with van der Waals surface area (Å²) in [6, 6.07) is 0.389. The molecule has 0 aromatic heterocycles. The van der Waals surface area contributed by atoms with Crippen LogP contribution < -0.4 is 5.73 Å². The molecule has 2 saturated heterocycles. The molecule has 0 bridgehead atoms. The number of likely N-dealkylation sites (tertiary alicyclic amines) is 2. The lowest BCUT2D eigenvalue weighted by Crippen LogP contribution is -2.45. The van der Waals surface area contributed by atoms with Gasteiger partial charge in [0, 0.05) is 44.1 Å². The average molecular weight is 411 g/mol. The van der Waals surface area contributed by atoms with Crippen LogP contribution in [0.25, 0.3) is 0 Å². The zero-order valence-corrected chi connectivity index (χ0v) is 15.9. The predicted molar refractivity (Wildman–Crippen MR) is 97.0 cm³/mol. The molecule has 2 aliphatic heterocycles. The van der Waals surface area contributed by atoms with Crippen LogP contribution in [0.4, 0.5) is 13.2 Å². The highest BCUT2D eigenvalue weighted by atomic mass is 19.2. The quantitative estimate of drug-likeness (QED) is 0.707. The Hall–Kier alpha value is -2.13. The smallest absolute Gasteiger partial charge is 0.254 e. The average Bonchev–Trinajstić information content (AvgIpc) is 3.09. The number of carbonyl (C=O) groups excluding carboxylic acids is 2. The van der Waals surface area contributed by atoms with Crippen LogP contribution in [0.5, 0.6) is 0 Å². The highest BCUT2D eigenvalue weighted by Crippen LogP contribution is 2.40. The molecule has 0 unspecified atom stereocenters. The Morgan fingerprint density at radius 1 is 1.17 bits per heavy atom. The van der Waals surface area contributed by atoms with Crippen LogP contribution in [-0.4, -0.2) is 64.0 Å². The van der Waals surface area contributed by atoms with Crippen molar-refractivity contribution in [3.63, 3.8) is 0 Å². The summed E-state index contributed by atoms with van der Waals surface area (Å²) in [5.74, 6) is -3.61. The van der Waals surface area contributed by atoms with Gasteiger partial charge in [0.1, 0.15) is 11.4 Å². The highest BCUT2D eigenvalue weighted by Gasteiger charge is 2.54. The molecule has 9 heteroatoms. The maximum Gasteiger partial charge on any atom is 0.254 e. The van der Waals surface area contributed by atoms with E-state index >= 15 is 0 Å². The molecular weight excluding hydrogens is 387 g/mol. The zero-order chi connectivity index (χ0) is 20.9. The zero-order valence-electron chi connectivity index (χ0n) is 15.9. The Labute approximate surface area is 166 Å². The minimum absolute atomic E-state index is 0.0560. The minimum atomic E-state index is -1.27. The summed E-state index contributed by atoms with van der Waals surface area (Å²) in [5.41, 5.74) is 4.69. The predicted octanol–water partition coefficient (Wildman–Crippen LogP) is 0.948. The number of carbonyl (C=O) groups is 2. The molecule has 2 heterocycles. The number of rotatable bonds is 5. The third-order valence-electron chi connectivity index (χ3n) is 6.29. The van der Waals surface area contributed by atoms with Crippen molar-refractivity contribution in [1.82, 2.24) is 9.80 Å². The molecule has 3 fully saturated rings. The third kappa shape index (κ3) is 3.85. The summed E-state index contributed by atoms with van der Waals surface area (Å²) in [6.07, 6.45) is 1.59. The van der Waals surface area contributed by atoms with E-state index in [9.17, 15) is 27.9 Å². The van der Waals surface area contributed by atoms with E-state index in [0.29, 0.717) is 38.5 Å². The lowest BCUT2D eigenvalue weighted by atomic mass is 10.0. The van der Waals surface area contributed by atoms with Gasteiger partial charge in [-0.25, -0.2) is 13.2 Å². The van der Waals surface area contributed by atoms with Gasteiger partial charge in [0.2, 0.25) is 5.91 Å². The van der Waals surface area contributed by atoms with Crippen molar-refractivity contribution in [1.29, 1.82) is 0 Å². The summed E-state index contributed by atoms with van der Waals surface area (Å²) in [6.45, 7) is 1.49. The molecule has 3 atom stereocenters. The molecule has 1 saturated carbocycles. The van der Waals surface area contributed by atoms with Gasteiger partial charge in [-0.3, -0.25) is 9.59 Å². The number of hydrogen-bond acceptors (Lipinski definition) is 4. The number of nitrogens with two attached hydrogens (primary N) is 1. The fourth-order valence-electron chi connectivity index (χ4n) is 4.48. The van der Waals surface area contributed by atoms with Gasteiger partial charge in [0.25, 0.3) is 5.91 Å². The van der Waals surface area contributed by atoms with E-state index in [-0.39, 0.29) is 42.2 Å². The van der Waals surface area contributed by atoms with Crippen LogP contribution in [-0.2, 0) is 16.0 Å². The lowest BCUT2D eigenvalue weighted by molar-refractivity contribution is -0.142. The van der Waals surface area contributed by atoms with Gasteiger partial charge in [-0.1, -0.05) is 0 Å². The fraction of sp³-hybridized carbons (Fsp3) is 0.600. The van der Waals surface area contributed by atoms with Crippen LogP contribution >= 0.6 is 0 Å². The lowest BCUT2D eigenvalue weighted by Gasteiger charge is -2.27. The van der Waals surface area contributed by atoms with Crippen molar-refractivity contribution in [2.45, 2.75) is 49.8 Å². The molecule has 3 N–H and O–H groups in total. The molecule has 1 aromatic rings. The van der Waals surface area contributed by atoms with E-state index in [4.69, 9.17) is 5.73 Å². The maximum atomic E-state index is 13.8. The van der Waals surface area contributed by atoms with E-state index < -0.39 is 29.1 Å². The molecule has 29 heavy (non-hydrogen) atoms. The summed E-state index contributed by atoms with van der Waals surface area (Å²) in [7, 11) is 0. The Balaban J connectivity index is 1.35. The SMILES string of the molecule is N[C@@H](CC(=O)N1CC[C@H]2CN(C(=O)C3(O)CC3)C[C@H]21)Cc1cc(F)c(F)cc1F. The highest BCUT2D eigenvalue weighted by molar-refractivity contribution is 5.88. The van der Waals surface area contributed by atoms with Gasteiger partial charge < -0.3 is 20.6 Å². The Morgan fingerprint density at radius 3 is 2.55 bits per heavy atom. The van der Waals surface area contributed by atoms with Crippen LogP contribution in [0.3, 0.4) is 0 Å². The standard InChI is InChI=1S/C20H24F3N3O3/c21-14-8-16(23)15(22)6-12(14)5-13(24)7-18(27)26-4-1-11-9-25(10-17(11)26)19(28)20(29)2-3-20/h6,8,11,13,17,29H,1-5,7,9-10,24H2/t11-,13+,17+/m0/s1. The molecule has 0 spiro atoms. The monoisotopic (exact) mass is 411 g/mol. The molecule has 158 valence electrons. The van der Waals surface area contributed by atoms with Crippen molar-refractivity contribution in [3.8, 4) is 0 Å². The van der Waals surface area contributed by atoms with Gasteiger partial charge in [-0.05, 0) is 37.3 Å². The molecule has 4 rings (SSSR count). The Bertz CT molecular complexity index is 846. The Morgan fingerprint density at radius 2 is 1.86 bits per heavy atom. The van der Waals surface area contributed by atoms with Gasteiger partial charge >= 0.3 is 0 Å². The second-order valence-electron chi connectivity index (χ2n) is 8.47. The number of halogens is 3. The van der Waals surface area contributed by atoms with Gasteiger partial charge in [-0.2, -0.15) is 0 Å².